The van der Waals surface area contributed by atoms with Crippen molar-refractivity contribution < 1.29 is 4.79 Å². The summed E-state index contributed by atoms with van der Waals surface area (Å²) >= 11 is 0. The van der Waals surface area contributed by atoms with Crippen LogP contribution in [0.5, 0.6) is 0 Å². The quantitative estimate of drug-likeness (QED) is 0.712. The van der Waals surface area contributed by atoms with Gasteiger partial charge in [-0.25, -0.2) is 4.79 Å². The highest BCUT2D eigenvalue weighted by Gasteiger charge is 2.00. The van der Waals surface area contributed by atoms with Crippen molar-refractivity contribution in [1.29, 1.82) is 0 Å². The number of carbonyl (C=O) groups excluding carboxylic acids is 1. The van der Waals surface area contributed by atoms with Gasteiger partial charge in [-0.2, -0.15) is 0 Å². The number of carbonyl (C=O) groups is 1. The number of nitrogens with one attached hydrogen (secondary N) is 2. The lowest BCUT2D eigenvalue weighted by molar-refractivity contribution is 0.253. The lowest BCUT2D eigenvalue weighted by atomic mass is 10.2. The number of urea groups is 1. The lowest BCUT2D eigenvalue weighted by Gasteiger charge is -2.07. The Morgan fingerprint density at radius 1 is 1.46 bits per heavy atom. The summed E-state index contributed by atoms with van der Waals surface area (Å²) in [4.78, 5) is 11.1. The van der Waals surface area contributed by atoms with Crippen molar-refractivity contribution in [3.63, 3.8) is 0 Å². The fourth-order valence-electron chi connectivity index (χ4n) is 0.993. The Hall–Kier alpha value is -1.51. The summed E-state index contributed by atoms with van der Waals surface area (Å²) in [6.07, 6.45) is 0. The molecule has 3 nitrogen and oxygen atoms in total. The molecule has 0 aromatic heterocycles. The Morgan fingerprint density at radius 3 is 2.77 bits per heavy atom. The van der Waals surface area contributed by atoms with Crippen LogP contribution in [0.1, 0.15) is 5.56 Å². The summed E-state index contributed by atoms with van der Waals surface area (Å²) in [7, 11) is 0. The maximum Gasteiger partial charge on any atom is 0.319 e. The van der Waals surface area contributed by atoms with Gasteiger partial charge in [-0.05, 0) is 25.5 Å². The van der Waals surface area contributed by atoms with Crippen molar-refractivity contribution in [3.8, 4) is 0 Å². The number of benzene rings is 1. The van der Waals surface area contributed by atoms with E-state index in [-0.39, 0.29) is 6.03 Å². The number of aryl methyl sites for hydroxylation is 1. The molecule has 13 heavy (non-hydrogen) atoms. The predicted octanol–water partition coefficient (Wildman–Crippen LogP) is 1.95. The van der Waals surface area contributed by atoms with Crippen molar-refractivity contribution in [1.82, 2.24) is 5.32 Å². The maximum absolute atomic E-state index is 11.1. The summed E-state index contributed by atoms with van der Waals surface area (Å²) in [5.74, 6) is 0. The van der Waals surface area contributed by atoms with E-state index in [0.29, 0.717) is 6.54 Å². The summed E-state index contributed by atoms with van der Waals surface area (Å²) < 4.78 is 0. The SMILES string of the molecule is [CH2]CNC(=O)Nc1ccccc1C. The van der Waals surface area contributed by atoms with E-state index in [9.17, 15) is 4.79 Å². The molecule has 1 aromatic carbocycles. The van der Waals surface area contributed by atoms with E-state index in [1.165, 1.54) is 0 Å². The van der Waals surface area contributed by atoms with Gasteiger partial charge >= 0.3 is 6.03 Å². The Morgan fingerprint density at radius 2 is 2.15 bits per heavy atom. The van der Waals surface area contributed by atoms with Crippen molar-refractivity contribution in [2.24, 2.45) is 0 Å². The number of amides is 2. The molecule has 1 rings (SSSR count). The molecular weight excluding hydrogens is 164 g/mol. The van der Waals surface area contributed by atoms with Gasteiger partial charge in [-0.15, -0.1) is 0 Å². The first kappa shape index (κ1) is 9.58. The zero-order valence-corrected chi connectivity index (χ0v) is 7.63. The molecule has 0 aliphatic carbocycles. The molecule has 2 N–H and O–H groups in total. The van der Waals surface area contributed by atoms with E-state index in [1.807, 2.05) is 31.2 Å². The van der Waals surface area contributed by atoms with Gasteiger partial charge in [0, 0.05) is 12.2 Å². The molecule has 0 unspecified atom stereocenters. The van der Waals surface area contributed by atoms with Gasteiger partial charge < -0.3 is 10.6 Å². The Labute approximate surface area is 78.2 Å². The van der Waals surface area contributed by atoms with E-state index in [2.05, 4.69) is 17.6 Å². The molecule has 0 bridgehead atoms. The minimum absolute atomic E-state index is 0.218. The first-order valence-corrected chi connectivity index (χ1v) is 4.14. The van der Waals surface area contributed by atoms with Crippen LogP contribution in [0.15, 0.2) is 24.3 Å². The number of hydrogen-bond acceptors (Lipinski definition) is 1. The standard InChI is InChI=1S/C10H13N2O/c1-3-11-10(13)12-9-7-5-4-6-8(9)2/h4-7H,1,3H2,2H3,(H2,11,12,13). The molecule has 2 amide bonds. The average molecular weight is 177 g/mol. The molecule has 0 atom stereocenters. The van der Waals surface area contributed by atoms with E-state index >= 15 is 0 Å². The smallest absolute Gasteiger partial charge is 0.319 e. The van der Waals surface area contributed by atoms with Crippen LogP contribution in [0.25, 0.3) is 0 Å². The minimum Gasteiger partial charge on any atom is -0.338 e. The largest absolute Gasteiger partial charge is 0.338 e. The number of para-hydroxylation sites is 1. The van der Waals surface area contributed by atoms with E-state index in [1.54, 1.807) is 0 Å². The first-order chi connectivity index (χ1) is 6.24. The van der Waals surface area contributed by atoms with Crippen LogP contribution in [0, 0.1) is 13.8 Å². The van der Waals surface area contributed by atoms with Gasteiger partial charge in [0.25, 0.3) is 0 Å². The second-order valence-corrected chi connectivity index (χ2v) is 2.70. The van der Waals surface area contributed by atoms with Gasteiger partial charge in [-0.1, -0.05) is 18.2 Å². The third-order valence-corrected chi connectivity index (χ3v) is 1.68. The molecule has 0 spiro atoms. The normalized spacial score (nSPS) is 9.38. The molecule has 0 aliphatic heterocycles. The van der Waals surface area contributed by atoms with Crippen LogP contribution in [-0.4, -0.2) is 12.6 Å². The lowest BCUT2D eigenvalue weighted by Crippen LogP contribution is -2.28. The second kappa shape index (κ2) is 4.50. The third kappa shape index (κ3) is 2.78. The summed E-state index contributed by atoms with van der Waals surface area (Å²) in [6.45, 7) is 5.85. The summed E-state index contributed by atoms with van der Waals surface area (Å²) in [5, 5.41) is 5.28. The van der Waals surface area contributed by atoms with Gasteiger partial charge in [-0.3, -0.25) is 0 Å². The van der Waals surface area contributed by atoms with Crippen LogP contribution in [-0.2, 0) is 0 Å². The van der Waals surface area contributed by atoms with Crippen molar-refractivity contribution in [2.45, 2.75) is 6.92 Å². The number of anilines is 1. The van der Waals surface area contributed by atoms with Crippen molar-refractivity contribution in [2.75, 3.05) is 11.9 Å². The molecule has 0 saturated heterocycles. The van der Waals surface area contributed by atoms with E-state index in [0.717, 1.165) is 11.3 Å². The van der Waals surface area contributed by atoms with Crippen LogP contribution in [0.2, 0.25) is 0 Å². The molecule has 1 radical (unpaired) electrons. The van der Waals surface area contributed by atoms with Crippen molar-refractivity contribution >= 4 is 11.7 Å². The Bertz CT molecular complexity index is 297. The predicted molar refractivity (Wildman–Crippen MR) is 53.6 cm³/mol. The average Bonchev–Trinajstić information content (AvgIpc) is 2.09. The molecule has 1 aromatic rings. The first-order valence-electron chi connectivity index (χ1n) is 4.14. The van der Waals surface area contributed by atoms with Crippen molar-refractivity contribution in [3.05, 3.63) is 36.8 Å². The van der Waals surface area contributed by atoms with Gasteiger partial charge in [0.1, 0.15) is 0 Å². The maximum atomic E-state index is 11.1. The third-order valence-electron chi connectivity index (χ3n) is 1.68. The molecule has 0 fully saturated rings. The second-order valence-electron chi connectivity index (χ2n) is 2.70. The van der Waals surface area contributed by atoms with Gasteiger partial charge in [0.05, 0.1) is 0 Å². The highest BCUT2D eigenvalue weighted by Crippen LogP contribution is 2.12. The van der Waals surface area contributed by atoms with Gasteiger partial charge in [0.15, 0.2) is 0 Å². The number of hydrogen-bond donors (Lipinski definition) is 2. The Kier molecular flexibility index (Phi) is 3.31. The molecule has 3 heteroatoms. The van der Waals surface area contributed by atoms with E-state index < -0.39 is 0 Å². The zero-order chi connectivity index (χ0) is 9.68. The Balaban J connectivity index is 2.63. The molecule has 0 heterocycles. The fourth-order valence-corrected chi connectivity index (χ4v) is 0.993. The highest BCUT2D eigenvalue weighted by atomic mass is 16.2. The molecule has 69 valence electrons. The van der Waals surface area contributed by atoms with Crippen LogP contribution < -0.4 is 10.6 Å². The van der Waals surface area contributed by atoms with Crippen LogP contribution in [0.3, 0.4) is 0 Å². The van der Waals surface area contributed by atoms with Crippen LogP contribution in [0.4, 0.5) is 10.5 Å². The summed E-state index contributed by atoms with van der Waals surface area (Å²) in [5.41, 5.74) is 1.87. The molecule has 0 aliphatic rings. The highest BCUT2D eigenvalue weighted by molar-refractivity contribution is 5.89. The zero-order valence-electron chi connectivity index (χ0n) is 7.63. The monoisotopic (exact) mass is 177 g/mol. The van der Waals surface area contributed by atoms with Crippen LogP contribution >= 0.6 is 0 Å². The summed E-state index contributed by atoms with van der Waals surface area (Å²) in [6, 6.07) is 7.40. The van der Waals surface area contributed by atoms with E-state index in [4.69, 9.17) is 0 Å². The minimum atomic E-state index is -0.218. The fraction of sp³-hybridized carbons (Fsp3) is 0.200. The molecular formula is C10H13N2O. The number of rotatable bonds is 2. The topological polar surface area (TPSA) is 41.1 Å². The van der Waals surface area contributed by atoms with Gasteiger partial charge in [0.2, 0.25) is 0 Å². The molecule has 0 saturated carbocycles.